The van der Waals surface area contributed by atoms with Crippen molar-refractivity contribution >= 4 is 5.91 Å². The van der Waals surface area contributed by atoms with Crippen molar-refractivity contribution in [3.05, 3.63) is 0 Å². The van der Waals surface area contributed by atoms with Gasteiger partial charge in [-0.1, -0.05) is 225 Å². The van der Waals surface area contributed by atoms with Crippen LogP contribution in [0.2, 0.25) is 0 Å². The van der Waals surface area contributed by atoms with Gasteiger partial charge in [-0.2, -0.15) is 0 Å². The minimum absolute atomic E-state index is 0.144. The first kappa shape index (κ1) is 50.3. The summed E-state index contributed by atoms with van der Waals surface area (Å²) < 4.78 is 0. The zero-order valence-corrected chi connectivity index (χ0v) is 34.2. The predicted molar refractivity (Wildman–Crippen MR) is 219 cm³/mol. The zero-order chi connectivity index (χ0) is 37.3. The van der Waals surface area contributed by atoms with Crippen LogP contribution in [0.1, 0.15) is 251 Å². The van der Waals surface area contributed by atoms with E-state index in [0.717, 1.165) is 44.9 Å². The molecule has 0 saturated heterocycles. The molecule has 0 radical (unpaired) electrons. The van der Waals surface area contributed by atoms with E-state index in [4.69, 9.17) is 5.11 Å². The van der Waals surface area contributed by atoms with Gasteiger partial charge in [-0.25, -0.2) is 0 Å². The molecule has 6 heteroatoms. The molecule has 306 valence electrons. The normalized spacial score (nSPS) is 13.4. The van der Waals surface area contributed by atoms with E-state index in [-0.39, 0.29) is 12.5 Å². The first-order valence-electron chi connectivity index (χ1n) is 22.9. The summed E-state index contributed by atoms with van der Waals surface area (Å²) >= 11 is 0. The van der Waals surface area contributed by atoms with E-state index in [2.05, 4.69) is 12.2 Å². The number of aliphatic hydroxyl groups is 4. The maximum atomic E-state index is 12.4. The first-order chi connectivity index (χ1) is 25.1. The number of aliphatic hydroxyl groups excluding tert-OH is 4. The third kappa shape index (κ3) is 37.4. The van der Waals surface area contributed by atoms with Crippen LogP contribution in [0.3, 0.4) is 0 Å². The summed E-state index contributed by atoms with van der Waals surface area (Å²) in [4.78, 5) is 12.4. The minimum atomic E-state index is -1.13. The van der Waals surface area contributed by atoms with Gasteiger partial charge in [-0.05, 0) is 19.3 Å². The van der Waals surface area contributed by atoms with Gasteiger partial charge in [0.25, 0.3) is 0 Å². The molecule has 5 N–H and O–H groups in total. The molecule has 1 amide bonds. The standard InChI is InChI=1S/C45H91NO5/c1-2-3-4-5-6-7-8-23-26-29-32-35-38-43(49)45(51)42(41-48)46-44(50)39-36-33-30-27-24-21-19-17-15-13-11-9-10-12-14-16-18-20-22-25-28-31-34-37-40-47/h42-43,45,47-49,51H,2-41H2,1H3,(H,46,50). The van der Waals surface area contributed by atoms with Gasteiger partial charge in [0.2, 0.25) is 5.91 Å². The Morgan fingerprint density at radius 3 is 1.04 bits per heavy atom. The molecule has 0 bridgehead atoms. The van der Waals surface area contributed by atoms with Crippen LogP contribution in [0.4, 0.5) is 0 Å². The number of hydrogen-bond acceptors (Lipinski definition) is 5. The molecule has 51 heavy (non-hydrogen) atoms. The second kappa shape index (κ2) is 42.1. The summed E-state index contributed by atoms with van der Waals surface area (Å²) in [6.45, 7) is 2.25. The van der Waals surface area contributed by atoms with Crippen LogP contribution in [-0.2, 0) is 4.79 Å². The van der Waals surface area contributed by atoms with E-state index < -0.39 is 18.2 Å². The second-order valence-corrected chi connectivity index (χ2v) is 16.1. The Labute approximate surface area is 318 Å². The highest BCUT2D eigenvalue weighted by molar-refractivity contribution is 5.76. The van der Waals surface area contributed by atoms with Gasteiger partial charge < -0.3 is 25.7 Å². The van der Waals surface area contributed by atoms with Crippen molar-refractivity contribution in [1.82, 2.24) is 5.32 Å². The molecule has 6 nitrogen and oxygen atoms in total. The number of unbranched alkanes of at least 4 members (excludes halogenated alkanes) is 34. The molecule has 0 aliphatic heterocycles. The lowest BCUT2D eigenvalue weighted by Crippen LogP contribution is -2.50. The van der Waals surface area contributed by atoms with Crippen LogP contribution >= 0.6 is 0 Å². The van der Waals surface area contributed by atoms with Gasteiger partial charge in [0, 0.05) is 13.0 Å². The van der Waals surface area contributed by atoms with E-state index in [1.54, 1.807) is 0 Å². The number of carbonyl (C=O) groups excluding carboxylic acids is 1. The third-order valence-corrected chi connectivity index (χ3v) is 11.0. The Kier molecular flexibility index (Phi) is 41.5. The largest absolute Gasteiger partial charge is 0.396 e. The summed E-state index contributed by atoms with van der Waals surface area (Å²) in [6.07, 6.45) is 45.1. The van der Waals surface area contributed by atoms with Crippen molar-refractivity contribution in [3.63, 3.8) is 0 Å². The molecular weight excluding hydrogens is 634 g/mol. The fourth-order valence-electron chi connectivity index (χ4n) is 7.44. The van der Waals surface area contributed by atoms with E-state index >= 15 is 0 Å². The Morgan fingerprint density at radius 1 is 0.431 bits per heavy atom. The molecule has 3 unspecified atom stereocenters. The second-order valence-electron chi connectivity index (χ2n) is 16.1. The Bertz CT molecular complexity index is 677. The van der Waals surface area contributed by atoms with Crippen LogP contribution in [0.25, 0.3) is 0 Å². The van der Waals surface area contributed by atoms with Crippen molar-refractivity contribution < 1.29 is 25.2 Å². The number of carbonyl (C=O) groups is 1. The Balaban J connectivity index is 3.50. The highest BCUT2D eigenvalue weighted by atomic mass is 16.3. The molecule has 0 spiro atoms. The van der Waals surface area contributed by atoms with Crippen LogP contribution in [0.15, 0.2) is 0 Å². The van der Waals surface area contributed by atoms with Crippen molar-refractivity contribution in [2.24, 2.45) is 0 Å². The summed E-state index contributed by atoms with van der Waals surface area (Å²) in [5, 5.41) is 42.3. The number of nitrogens with one attached hydrogen (secondary N) is 1. The quantitative estimate of drug-likeness (QED) is 0.0402. The maximum Gasteiger partial charge on any atom is 0.220 e. The summed E-state index contributed by atoms with van der Waals surface area (Å²) in [7, 11) is 0. The van der Waals surface area contributed by atoms with E-state index in [9.17, 15) is 20.1 Å². The molecule has 3 atom stereocenters. The fourth-order valence-corrected chi connectivity index (χ4v) is 7.44. The van der Waals surface area contributed by atoms with Gasteiger partial charge in [-0.3, -0.25) is 4.79 Å². The molecule has 0 aromatic heterocycles. The van der Waals surface area contributed by atoms with Crippen LogP contribution in [-0.4, -0.2) is 57.8 Å². The summed E-state index contributed by atoms with van der Waals surface area (Å²) in [6, 6.07) is -0.806. The molecular formula is C45H91NO5. The topological polar surface area (TPSA) is 110 Å². The van der Waals surface area contributed by atoms with Gasteiger partial charge in [0.15, 0.2) is 0 Å². The van der Waals surface area contributed by atoms with Crippen molar-refractivity contribution in [1.29, 1.82) is 0 Å². The summed E-state index contributed by atoms with van der Waals surface area (Å²) in [5.41, 5.74) is 0. The van der Waals surface area contributed by atoms with Gasteiger partial charge in [0.1, 0.15) is 6.10 Å². The highest BCUT2D eigenvalue weighted by Crippen LogP contribution is 2.17. The molecule has 0 saturated carbocycles. The third-order valence-electron chi connectivity index (χ3n) is 11.0. The van der Waals surface area contributed by atoms with Crippen molar-refractivity contribution in [2.75, 3.05) is 13.2 Å². The Hall–Kier alpha value is -0.690. The van der Waals surface area contributed by atoms with Crippen molar-refractivity contribution in [3.8, 4) is 0 Å². The lowest BCUT2D eigenvalue weighted by atomic mass is 9.99. The number of rotatable bonds is 43. The lowest BCUT2D eigenvalue weighted by molar-refractivity contribution is -0.124. The van der Waals surface area contributed by atoms with E-state index in [1.807, 2.05) is 0 Å². The Morgan fingerprint density at radius 2 is 0.725 bits per heavy atom. The van der Waals surface area contributed by atoms with E-state index in [1.165, 1.54) is 186 Å². The molecule has 0 aromatic rings. The number of hydrogen-bond donors (Lipinski definition) is 5. The minimum Gasteiger partial charge on any atom is -0.396 e. The molecule has 0 rings (SSSR count). The predicted octanol–water partition coefficient (Wildman–Crippen LogP) is 12.0. The fraction of sp³-hybridized carbons (Fsp3) is 0.978. The molecule has 0 aromatic carbocycles. The molecule has 0 heterocycles. The van der Waals surface area contributed by atoms with Crippen LogP contribution in [0, 0.1) is 0 Å². The maximum absolute atomic E-state index is 12.4. The monoisotopic (exact) mass is 726 g/mol. The molecule has 0 aliphatic rings. The summed E-state index contributed by atoms with van der Waals surface area (Å²) in [5.74, 6) is -0.144. The van der Waals surface area contributed by atoms with Crippen molar-refractivity contribution in [2.45, 2.75) is 269 Å². The molecule has 0 fully saturated rings. The van der Waals surface area contributed by atoms with E-state index in [0.29, 0.717) is 19.4 Å². The number of amides is 1. The smallest absolute Gasteiger partial charge is 0.220 e. The average molecular weight is 726 g/mol. The zero-order valence-electron chi connectivity index (χ0n) is 34.2. The van der Waals surface area contributed by atoms with Gasteiger partial charge >= 0.3 is 0 Å². The van der Waals surface area contributed by atoms with Gasteiger partial charge in [0.05, 0.1) is 18.8 Å². The first-order valence-corrected chi connectivity index (χ1v) is 22.9. The SMILES string of the molecule is CCCCCCCCCCCCCCC(O)C(O)C(CO)NC(=O)CCCCCCCCCCCCCCCCCCCCCCCCCCO. The lowest BCUT2D eigenvalue weighted by Gasteiger charge is -2.26. The highest BCUT2D eigenvalue weighted by Gasteiger charge is 2.26. The average Bonchev–Trinajstić information content (AvgIpc) is 3.13. The van der Waals surface area contributed by atoms with Crippen LogP contribution < -0.4 is 5.32 Å². The van der Waals surface area contributed by atoms with Gasteiger partial charge in [-0.15, -0.1) is 0 Å². The van der Waals surface area contributed by atoms with Crippen LogP contribution in [0.5, 0.6) is 0 Å². The molecule has 0 aliphatic carbocycles.